The molecular formula is C34H39N5O3S. The molecule has 1 aliphatic heterocycles. The number of carbonyl (C=O) groups excluding carboxylic acids is 1. The minimum Gasteiger partial charge on any atom is -0.487 e. The number of aryl methyl sites for hydroxylation is 3. The lowest BCUT2D eigenvalue weighted by Crippen LogP contribution is -2.34. The number of hydrogen-bond acceptors (Lipinski definition) is 8. The van der Waals surface area contributed by atoms with Crippen molar-refractivity contribution in [2.24, 2.45) is 7.05 Å². The maximum atomic E-state index is 13.1. The number of benzene rings is 2. The average Bonchev–Trinajstić information content (AvgIpc) is 3.61. The van der Waals surface area contributed by atoms with Gasteiger partial charge in [0.2, 0.25) is 0 Å². The number of ether oxygens (including phenoxy) is 2. The van der Waals surface area contributed by atoms with Crippen molar-refractivity contribution in [1.29, 1.82) is 0 Å². The SMILES string of the molecule is CCOC(=O)C[C@@H](c1cc(CN2C[C@@H](CC)Oc3cccnc3[C@@H]2C)c2sccc2c1)c1cc(C)c2c(nnn2C)c1C. The summed E-state index contributed by atoms with van der Waals surface area (Å²) in [5, 5.41) is 12.1. The standard InChI is InChI=1S/C34H39N5O3S/c1-7-26-19-39(22(5)32-29(42-26)10-9-12-35-32)18-25-16-24(15-23-11-13-43-34(23)25)28(17-30(40)41-8-2)27-14-20(3)33-31(21(27)4)36-37-38(33)6/h9-16,22,26,28H,7-8,17-19H2,1-6H3/t22-,26+,28-/m0/s1. The number of fused-ring (bicyclic) bond motifs is 3. The first-order valence-electron chi connectivity index (χ1n) is 15.1. The Morgan fingerprint density at radius 2 is 2.05 bits per heavy atom. The van der Waals surface area contributed by atoms with E-state index in [1.54, 1.807) is 11.3 Å². The Morgan fingerprint density at radius 3 is 2.84 bits per heavy atom. The van der Waals surface area contributed by atoms with E-state index in [2.05, 4.69) is 72.6 Å². The number of pyridine rings is 1. The van der Waals surface area contributed by atoms with Crippen molar-refractivity contribution in [3.63, 3.8) is 0 Å². The Bertz CT molecular complexity index is 1790. The molecule has 5 aromatic rings. The lowest BCUT2D eigenvalue weighted by atomic mass is 9.83. The van der Waals surface area contributed by atoms with Gasteiger partial charge in [-0.1, -0.05) is 24.3 Å². The molecule has 9 heteroatoms. The van der Waals surface area contributed by atoms with E-state index in [1.165, 1.54) is 15.6 Å². The van der Waals surface area contributed by atoms with Crippen molar-refractivity contribution in [3.8, 4) is 5.75 Å². The van der Waals surface area contributed by atoms with Gasteiger partial charge in [-0.3, -0.25) is 14.7 Å². The van der Waals surface area contributed by atoms with Crippen molar-refractivity contribution < 1.29 is 14.3 Å². The van der Waals surface area contributed by atoms with E-state index >= 15 is 0 Å². The van der Waals surface area contributed by atoms with Crippen molar-refractivity contribution in [2.45, 2.75) is 72.1 Å². The van der Waals surface area contributed by atoms with Crippen LogP contribution in [-0.2, 0) is 23.1 Å². The molecule has 0 aliphatic carbocycles. The summed E-state index contributed by atoms with van der Waals surface area (Å²) in [6, 6.07) is 13.0. The van der Waals surface area contributed by atoms with Crippen LogP contribution in [0.1, 0.15) is 79.1 Å². The number of thiophene rings is 1. The fourth-order valence-electron chi connectivity index (χ4n) is 6.51. The van der Waals surface area contributed by atoms with Crippen LogP contribution in [0.3, 0.4) is 0 Å². The van der Waals surface area contributed by atoms with Gasteiger partial charge >= 0.3 is 5.97 Å². The molecular weight excluding hydrogens is 558 g/mol. The molecule has 2 aromatic carbocycles. The summed E-state index contributed by atoms with van der Waals surface area (Å²) in [5.74, 6) is 0.476. The van der Waals surface area contributed by atoms with Gasteiger partial charge in [-0.2, -0.15) is 0 Å². The topological polar surface area (TPSA) is 82.4 Å². The summed E-state index contributed by atoms with van der Waals surface area (Å²) >= 11 is 1.76. The van der Waals surface area contributed by atoms with Crippen LogP contribution in [0.25, 0.3) is 21.1 Å². The molecule has 6 rings (SSSR count). The smallest absolute Gasteiger partial charge is 0.306 e. The molecule has 0 saturated heterocycles. The maximum Gasteiger partial charge on any atom is 0.306 e. The van der Waals surface area contributed by atoms with Crippen LogP contribution < -0.4 is 4.74 Å². The minimum absolute atomic E-state index is 0.0794. The van der Waals surface area contributed by atoms with Gasteiger partial charge in [0.05, 0.1) is 30.3 Å². The summed E-state index contributed by atoms with van der Waals surface area (Å²) < 4.78 is 15.0. The number of carbonyl (C=O) groups is 1. The largest absolute Gasteiger partial charge is 0.487 e. The van der Waals surface area contributed by atoms with Crippen LogP contribution in [0.15, 0.2) is 48.0 Å². The molecule has 0 fully saturated rings. The molecule has 1 aliphatic rings. The third-order valence-electron chi connectivity index (χ3n) is 8.77. The van der Waals surface area contributed by atoms with Gasteiger partial charge in [-0.15, -0.1) is 16.4 Å². The Balaban J connectivity index is 1.46. The van der Waals surface area contributed by atoms with E-state index in [1.807, 2.05) is 37.0 Å². The van der Waals surface area contributed by atoms with E-state index < -0.39 is 0 Å². The fraction of sp³-hybridized carbons (Fsp3) is 0.412. The van der Waals surface area contributed by atoms with Crippen LogP contribution >= 0.6 is 11.3 Å². The van der Waals surface area contributed by atoms with Crippen LogP contribution in [0.4, 0.5) is 0 Å². The number of rotatable bonds is 8. The van der Waals surface area contributed by atoms with Gasteiger partial charge in [0.15, 0.2) is 0 Å². The van der Waals surface area contributed by atoms with E-state index in [-0.39, 0.29) is 30.5 Å². The van der Waals surface area contributed by atoms with Crippen molar-refractivity contribution in [1.82, 2.24) is 24.9 Å². The van der Waals surface area contributed by atoms with Gasteiger partial charge < -0.3 is 9.47 Å². The molecule has 43 heavy (non-hydrogen) atoms. The second kappa shape index (κ2) is 12.1. The van der Waals surface area contributed by atoms with E-state index in [4.69, 9.17) is 14.5 Å². The zero-order valence-electron chi connectivity index (χ0n) is 25.8. The van der Waals surface area contributed by atoms with Crippen LogP contribution in [0.5, 0.6) is 5.75 Å². The minimum atomic E-state index is -0.206. The normalized spacial score (nSPS) is 17.9. The third kappa shape index (κ3) is 5.52. The van der Waals surface area contributed by atoms with Crippen molar-refractivity contribution >= 4 is 38.4 Å². The zero-order valence-corrected chi connectivity index (χ0v) is 26.6. The molecule has 0 amide bonds. The number of nitrogens with zero attached hydrogens (tertiary/aromatic N) is 5. The molecule has 3 atom stereocenters. The average molecular weight is 598 g/mol. The molecule has 0 saturated carbocycles. The highest BCUT2D eigenvalue weighted by atomic mass is 32.1. The quantitative estimate of drug-likeness (QED) is 0.178. The van der Waals surface area contributed by atoms with Crippen LogP contribution in [0.2, 0.25) is 0 Å². The first kappa shape index (κ1) is 29.3. The van der Waals surface area contributed by atoms with Gasteiger partial charge in [0.25, 0.3) is 0 Å². The Morgan fingerprint density at radius 1 is 1.21 bits per heavy atom. The first-order chi connectivity index (χ1) is 20.8. The monoisotopic (exact) mass is 597 g/mol. The number of hydrogen-bond donors (Lipinski definition) is 0. The molecule has 4 heterocycles. The first-order valence-corrected chi connectivity index (χ1v) is 16.0. The molecule has 8 nitrogen and oxygen atoms in total. The van der Waals surface area contributed by atoms with Gasteiger partial charge in [-0.25, -0.2) is 4.68 Å². The van der Waals surface area contributed by atoms with Crippen LogP contribution in [0, 0.1) is 13.8 Å². The van der Waals surface area contributed by atoms with E-state index in [9.17, 15) is 4.79 Å². The van der Waals surface area contributed by atoms with Gasteiger partial charge in [0, 0.05) is 37.0 Å². The Kier molecular flexibility index (Phi) is 8.20. The summed E-state index contributed by atoms with van der Waals surface area (Å²) in [4.78, 5) is 20.3. The molecule has 0 bridgehead atoms. The molecule has 3 aromatic heterocycles. The molecule has 224 valence electrons. The fourth-order valence-corrected chi connectivity index (χ4v) is 7.40. The maximum absolute atomic E-state index is 13.1. The predicted molar refractivity (Wildman–Crippen MR) is 171 cm³/mol. The van der Waals surface area contributed by atoms with Crippen LogP contribution in [-0.4, -0.2) is 50.1 Å². The number of aromatic nitrogens is 4. The third-order valence-corrected chi connectivity index (χ3v) is 9.77. The number of esters is 1. The summed E-state index contributed by atoms with van der Waals surface area (Å²) in [6.07, 6.45) is 3.09. The van der Waals surface area contributed by atoms with Crippen molar-refractivity contribution in [2.75, 3.05) is 13.2 Å². The summed E-state index contributed by atoms with van der Waals surface area (Å²) in [6.45, 7) is 12.3. The van der Waals surface area contributed by atoms with E-state index in [0.717, 1.165) is 64.2 Å². The van der Waals surface area contributed by atoms with Crippen molar-refractivity contribution in [3.05, 3.63) is 81.5 Å². The zero-order chi connectivity index (χ0) is 30.2. The Hall–Kier alpha value is -3.82. The summed E-state index contributed by atoms with van der Waals surface area (Å²) in [7, 11) is 1.92. The van der Waals surface area contributed by atoms with E-state index in [0.29, 0.717) is 6.61 Å². The molecule has 0 spiro atoms. The molecule has 0 radical (unpaired) electrons. The second-order valence-electron chi connectivity index (χ2n) is 11.5. The molecule has 0 unspecified atom stereocenters. The second-order valence-corrected chi connectivity index (χ2v) is 12.5. The van der Waals surface area contributed by atoms with Gasteiger partial charge in [-0.05, 0) is 97.0 Å². The van der Waals surface area contributed by atoms with Gasteiger partial charge in [0.1, 0.15) is 17.4 Å². The summed E-state index contributed by atoms with van der Waals surface area (Å²) in [5.41, 5.74) is 8.42. The highest BCUT2D eigenvalue weighted by molar-refractivity contribution is 7.17. The lowest BCUT2D eigenvalue weighted by Gasteiger charge is -2.29. The predicted octanol–water partition coefficient (Wildman–Crippen LogP) is 7.01. The Labute approximate surface area is 256 Å². The highest BCUT2D eigenvalue weighted by Gasteiger charge is 2.30. The molecule has 0 N–H and O–H groups in total. The lowest BCUT2D eigenvalue weighted by molar-refractivity contribution is -0.143. The highest BCUT2D eigenvalue weighted by Crippen LogP contribution is 2.40.